The van der Waals surface area contributed by atoms with Crippen LogP contribution in [0.5, 0.6) is 0 Å². The number of aliphatic carboxylic acids is 1. The van der Waals surface area contributed by atoms with Gasteiger partial charge in [-0.1, -0.05) is 0 Å². The summed E-state index contributed by atoms with van der Waals surface area (Å²) in [6.07, 6.45) is -1.09. The second-order valence-corrected chi connectivity index (χ2v) is 2.86. The van der Waals surface area contributed by atoms with Crippen LogP contribution in [-0.2, 0) is 9.36 Å². The average molecular weight is 180 g/mol. The van der Waals surface area contributed by atoms with Crippen molar-refractivity contribution in [3.8, 4) is 0 Å². The van der Waals surface area contributed by atoms with Gasteiger partial charge in [0.2, 0.25) is 0 Å². The molecule has 0 aliphatic rings. The first kappa shape index (κ1) is 12.9. The van der Waals surface area contributed by atoms with Crippen LogP contribution in [0.3, 0.4) is 0 Å². The van der Waals surface area contributed by atoms with E-state index in [1.54, 1.807) is 0 Å². The van der Waals surface area contributed by atoms with Crippen molar-refractivity contribution in [1.82, 2.24) is 0 Å². The summed E-state index contributed by atoms with van der Waals surface area (Å²) in [4.78, 5) is 25.4. The topological polar surface area (TPSA) is 94.8 Å². The fraction of sp³-hybridized carbons (Fsp3) is 0.500. The molecule has 0 heterocycles. The van der Waals surface area contributed by atoms with E-state index in [0.717, 1.165) is 0 Å². The van der Waals surface area contributed by atoms with Crippen LogP contribution in [0.15, 0.2) is 0 Å². The largest absolute Gasteiger partial charge is 1.00 e. The average Bonchev–Trinajstić information content (AvgIpc) is 1.21. The quantitative estimate of drug-likeness (QED) is 0.301. The summed E-state index contributed by atoms with van der Waals surface area (Å²) in [6.45, 7) is 0. The minimum Gasteiger partial charge on any atom is -1.00 e. The number of hydrogen-bond acceptors (Lipinski definition) is 2. The van der Waals surface area contributed by atoms with Crippen molar-refractivity contribution in [3.05, 3.63) is 0 Å². The van der Waals surface area contributed by atoms with Gasteiger partial charge in [0.25, 0.3) is 0 Å². The summed E-state index contributed by atoms with van der Waals surface area (Å²) in [5, 5.41) is 7.76. The zero-order chi connectivity index (χ0) is 6.78. The van der Waals surface area contributed by atoms with Gasteiger partial charge in [0.15, 0.2) is 0 Å². The summed E-state index contributed by atoms with van der Waals surface area (Å²) >= 11 is 0. The van der Waals surface area contributed by atoms with E-state index in [1.165, 1.54) is 0 Å². The molecule has 0 aromatic heterocycles. The Bertz CT molecular complexity index is 143. The van der Waals surface area contributed by atoms with Crippen LogP contribution in [0, 0.1) is 0 Å². The van der Waals surface area contributed by atoms with Crippen LogP contribution in [0.1, 0.15) is 1.43 Å². The molecule has 0 amide bonds. The molecule has 0 saturated heterocycles. The molecule has 0 fully saturated rings. The van der Waals surface area contributed by atoms with Crippen molar-refractivity contribution in [1.29, 1.82) is 0 Å². The van der Waals surface area contributed by atoms with Crippen LogP contribution in [0.4, 0.5) is 0 Å². The molecule has 0 radical (unpaired) electrons. The first-order valence-corrected chi connectivity index (χ1v) is 3.48. The Labute approximate surface area is 95.5 Å². The Hall–Kier alpha value is 1.26. The Kier molecular flexibility index (Phi) is 7.13. The maximum Gasteiger partial charge on any atom is 1.00 e. The zero-order valence-electron chi connectivity index (χ0n) is 5.81. The third-order valence-corrected chi connectivity index (χ3v) is 1.02. The molecule has 7 heteroatoms. The molecule has 50 valence electrons. The van der Waals surface area contributed by atoms with E-state index in [4.69, 9.17) is 14.9 Å². The Morgan fingerprint density at radius 3 is 1.89 bits per heavy atom. The molecule has 0 rings (SSSR count). The van der Waals surface area contributed by atoms with Crippen molar-refractivity contribution < 1.29 is 77.1 Å². The first-order valence-electron chi connectivity index (χ1n) is 1.68. The van der Waals surface area contributed by atoms with Gasteiger partial charge < -0.3 is 16.3 Å². The fourth-order valence-corrected chi connectivity index (χ4v) is 0.529. The van der Waals surface area contributed by atoms with Gasteiger partial charge in [-0.2, -0.15) is 0 Å². The van der Waals surface area contributed by atoms with Gasteiger partial charge >= 0.3 is 64.9 Å². The summed E-state index contributed by atoms with van der Waals surface area (Å²) in [7, 11) is -4.32. The standard InChI is InChI=1S/C2H5O5P.K.H/c3-2(4)1-8(5,6)7;;/h1H2,(H,3,4)(H2,5,6,7);;/q;+1;-1. The minimum absolute atomic E-state index is 0. The van der Waals surface area contributed by atoms with Crippen molar-refractivity contribution >= 4 is 13.6 Å². The van der Waals surface area contributed by atoms with Gasteiger partial charge in [0.1, 0.15) is 6.16 Å². The Balaban J connectivity index is -0.000000245. The minimum atomic E-state index is -4.32. The van der Waals surface area contributed by atoms with E-state index in [0.29, 0.717) is 0 Å². The molecule has 0 aromatic rings. The van der Waals surface area contributed by atoms with Gasteiger partial charge in [-0.15, -0.1) is 0 Å². The molecule has 0 unspecified atom stereocenters. The van der Waals surface area contributed by atoms with Gasteiger partial charge in [0, 0.05) is 0 Å². The second kappa shape index (κ2) is 4.98. The van der Waals surface area contributed by atoms with Gasteiger partial charge in [-0.3, -0.25) is 9.36 Å². The second-order valence-electron chi connectivity index (χ2n) is 1.22. The van der Waals surface area contributed by atoms with Gasteiger partial charge in [0.05, 0.1) is 0 Å². The van der Waals surface area contributed by atoms with E-state index in [-0.39, 0.29) is 52.8 Å². The van der Waals surface area contributed by atoms with Crippen molar-refractivity contribution in [2.24, 2.45) is 0 Å². The van der Waals surface area contributed by atoms with Crippen molar-refractivity contribution in [2.45, 2.75) is 0 Å². The summed E-state index contributed by atoms with van der Waals surface area (Å²) < 4.78 is 9.76. The summed E-state index contributed by atoms with van der Waals surface area (Å²) in [6, 6.07) is 0. The Morgan fingerprint density at radius 1 is 1.56 bits per heavy atom. The maximum atomic E-state index is 9.76. The zero-order valence-corrected chi connectivity index (χ0v) is 8.83. The van der Waals surface area contributed by atoms with E-state index in [1.807, 2.05) is 0 Å². The molecule has 0 saturated carbocycles. The molecule has 0 aliphatic carbocycles. The number of carboxylic acid groups (broad SMARTS) is 1. The van der Waals surface area contributed by atoms with Crippen LogP contribution < -0.4 is 51.4 Å². The van der Waals surface area contributed by atoms with Gasteiger partial charge in [-0.05, 0) is 0 Å². The number of carboxylic acids is 1. The van der Waals surface area contributed by atoms with E-state index in [9.17, 15) is 9.36 Å². The van der Waals surface area contributed by atoms with Crippen LogP contribution >= 0.6 is 7.60 Å². The molecule has 0 aromatic carbocycles. The van der Waals surface area contributed by atoms with Crippen molar-refractivity contribution in [3.63, 3.8) is 0 Å². The smallest absolute Gasteiger partial charge is 1.00 e. The van der Waals surface area contributed by atoms with E-state index < -0.39 is 19.7 Å². The fourth-order valence-electron chi connectivity index (χ4n) is 0.176. The SMILES string of the molecule is O=C(O)CP(=O)(O)O.[H-].[K+]. The molecule has 5 nitrogen and oxygen atoms in total. The third kappa shape index (κ3) is 12.5. The summed E-state index contributed by atoms with van der Waals surface area (Å²) in [5.74, 6) is -1.49. The predicted octanol–water partition coefficient (Wildman–Crippen LogP) is -3.63. The maximum absolute atomic E-state index is 9.76. The summed E-state index contributed by atoms with van der Waals surface area (Å²) in [5.41, 5.74) is 0. The number of rotatable bonds is 2. The molecule has 0 bridgehead atoms. The van der Waals surface area contributed by atoms with E-state index >= 15 is 0 Å². The van der Waals surface area contributed by atoms with E-state index in [2.05, 4.69) is 0 Å². The molecular formula is C2H6KO5P. The molecular weight excluding hydrogens is 174 g/mol. The predicted molar refractivity (Wildman–Crippen MR) is 25.7 cm³/mol. The third-order valence-electron chi connectivity index (χ3n) is 0.341. The molecule has 0 aliphatic heterocycles. The Morgan fingerprint density at radius 2 is 1.89 bits per heavy atom. The molecule has 9 heavy (non-hydrogen) atoms. The first-order chi connectivity index (χ1) is 3.42. The molecule has 0 atom stereocenters. The molecule has 0 spiro atoms. The van der Waals surface area contributed by atoms with Crippen LogP contribution in [0.25, 0.3) is 0 Å². The van der Waals surface area contributed by atoms with Crippen LogP contribution in [0.2, 0.25) is 0 Å². The normalized spacial score (nSPS) is 10.0. The van der Waals surface area contributed by atoms with Crippen LogP contribution in [-0.4, -0.2) is 27.0 Å². The molecule has 3 N–H and O–H groups in total. The monoisotopic (exact) mass is 180 g/mol. The van der Waals surface area contributed by atoms with Crippen molar-refractivity contribution in [2.75, 3.05) is 6.16 Å². The number of hydrogen-bond donors (Lipinski definition) is 3. The van der Waals surface area contributed by atoms with Gasteiger partial charge in [-0.25, -0.2) is 0 Å². The number of carbonyl (C=O) groups is 1.